The van der Waals surface area contributed by atoms with Crippen molar-refractivity contribution in [3.8, 4) is 0 Å². The first kappa shape index (κ1) is 15.1. The number of rotatable bonds is 3. The van der Waals surface area contributed by atoms with Crippen LogP contribution in [0.5, 0.6) is 0 Å². The summed E-state index contributed by atoms with van der Waals surface area (Å²) < 4.78 is 0. The van der Waals surface area contributed by atoms with Gasteiger partial charge in [0.05, 0.1) is 6.10 Å². The number of hydrogen-bond acceptors (Lipinski definition) is 4. The third-order valence-corrected chi connectivity index (χ3v) is 4.91. The molecule has 2 unspecified atom stereocenters. The molecule has 0 bridgehead atoms. The largest absolute Gasteiger partial charge is 0.409 e. The van der Waals surface area contributed by atoms with E-state index in [0.29, 0.717) is 25.9 Å². The van der Waals surface area contributed by atoms with Gasteiger partial charge in [-0.3, -0.25) is 4.79 Å². The zero-order valence-corrected chi connectivity index (χ0v) is 12.1. The maximum atomic E-state index is 12.9. The molecule has 0 aromatic carbocycles. The number of aliphatic hydroxyl groups is 1. The van der Waals surface area contributed by atoms with Crippen LogP contribution in [-0.2, 0) is 4.79 Å². The SMILES string of the molecule is CC(O)C1CCN(C(=O)C2(C(N)=NO)CCCCC2)C1. The molecule has 0 aromatic heterocycles. The molecule has 0 spiro atoms. The van der Waals surface area contributed by atoms with E-state index in [9.17, 15) is 9.90 Å². The average Bonchev–Trinajstić information content (AvgIpc) is 2.96. The van der Waals surface area contributed by atoms with Crippen LogP contribution in [0.25, 0.3) is 0 Å². The highest BCUT2D eigenvalue weighted by Crippen LogP contribution is 2.39. The van der Waals surface area contributed by atoms with Gasteiger partial charge in [0.2, 0.25) is 5.91 Å². The lowest BCUT2D eigenvalue weighted by atomic mass is 9.72. The van der Waals surface area contributed by atoms with Crippen LogP contribution in [0, 0.1) is 11.3 Å². The fraction of sp³-hybridized carbons (Fsp3) is 0.857. The summed E-state index contributed by atoms with van der Waals surface area (Å²) in [6.45, 7) is 2.98. The highest BCUT2D eigenvalue weighted by Gasteiger charge is 2.47. The van der Waals surface area contributed by atoms with Crippen LogP contribution in [0.1, 0.15) is 45.4 Å². The van der Waals surface area contributed by atoms with Crippen molar-refractivity contribution < 1.29 is 15.1 Å². The Hall–Kier alpha value is -1.30. The van der Waals surface area contributed by atoms with Crippen LogP contribution >= 0.6 is 0 Å². The quantitative estimate of drug-likeness (QED) is 0.310. The van der Waals surface area contributed by atoms with Crippen LogP contribution < -0.4 is 5.73 Å². The molecule has 2 atom stereocenters. The molecule has 2 rings (SSSR count). The van der Waals surface area contributed by atoms with Crippen molar-refractivity contribution >= 4 is 11.7 Å². The number of aliphatic hydroxyl groups excluding tert-OH is 1. The van der Waals surface area contributed by atoms with Gasteiger partial charge >= 0.3 is 0 Å². The number of nitrogens with two attached hydrogens (primary N) is 1. The molecular formula is C14H25N3O3. The summed E-state index contributed by atoms with van der Waals surface area (Å²) in [5.74, 6) is 0.144. The predicted octanol–water partition coefficient (Wildman–Crippen LogP) is 0.913. The Kier molecular flexibility index (Phi) is 4.52. The molecule has 6 nitrogen and oxygen atoms in total. The zero-order valence-electron chi connectivity index (χ0n) is 12.1. The Bertz CT molecular complexity index is 389. The Morgan fingerprint density at radius 3 is 2.55 bits per heavy atom. The van der Waals surface area contributed by atoms with E-state index in [4.69, 9.17) is 10.9 Å². The fourth-order valence-electron chi connectivity index (χ4n) is 3.50. The van der Waals surface area contributed by atoms with E-state index in [2.05, 4.69) is 5.16 Å². The number of nitrogens with zero attached hydrogens (tertiary/aromatic N) is 2. The third kappa shape index (κ3) is 2.61. The normalized spacial score (nSPS) is 28.4. The maximum absolute atomic E-state index is 12.9. The molecule has 6 heteroatoms. The van der Waals surface area contributed by atoms with Crippen molar-refractivity contribution in [3.05, 3.63) is 0 Å². The fourth-order valence-corrected chi connectivity index (χ4v) is 3.50. The number of oxime groups is 1. The van der Waals surface area contributed by atoms with Crippen LogP contribution in [0.4, 0.5) is 0 Å². The molecule has 2 fully saturated rings. The second-order valence-corrected chi connectivity index (χ2v) is 6.17. The highest BCUT2D eigenvalue weighted by atomic mass is 16.4. The minimum atomic E-state index is -0.833. The van der Waals surface area contributed by atoms with Gasteiger partial charge in [-0.25, -0.2) is 0 Å². The molecule has 114 valence electrons. The van der Waals surface area contributed by atoms with Gasteiger partial charge in [0.1, 0.15) is 5.41 Å². The predicted molar refractivity (Wildman–Crippen MR) is 75.3 cm³/mol. The first-order valence-electron chi connectivity index (χ1n) is 7.46. The number of carbonyl (C=O) groups is 1. The van der Waals surface area contributed by atoms with Gasteiger partial charge in [0, 0.05) is 19.0 Å². The van der Waals surface area contributed by atoms with Crippen molar-refractivity contribution in [3.63, 3.8) is 0 Å². The van der Waals surface area contributed by atoms with Crippen molar-refractivity contribution in [2.75, 3.05) is 13.1 Å². The number of hydrogen-bond donors (Lipinski definition) is 3. The molecule has 2 aliphatic rings. The van der Waals surface area contributed by atoms with E-state index in [1.54, 1.807) is 11.8 Å². The van der Waals surface area contributed by atoms with Gasteiger partial charge in [-0.05, 0) is 26.2 Å². The number of likely N-dealkylation sites (tertiary alicyclic amines) is 1. The minimum Gasteiger partial charge on any atom is -0.409 e. The average molecular weight is 283 g/mol. The van der Waals surface area contributed by atoms with E-state index < -0.39 is 11.5 Å². The second kappa shape index (κ2) is 5.99. The zero-order chi connectivity index (χ0) is 14.8. The Morgan fingerprint density at radius 1 is 1.40 bits per heavy atom. The summed E-state index contributed by atoms with van der Waals surface area (Å²) in [5.41, 5.74) is 5.02. The lowest BCUT2D eigenvalue weighted by Crippen LogP contribution is -2.52. The summed E-state index contributed by atoms with van der Waals surface area (Å²) in [5, 5.41) is 21.8. The molecule has 1 saturated heterocycles. The van der Waals surface area contributed by atoms with E-state index in [0.717, 1.165) is 25.7 Å². The maximum Gasteiger partial charge on any atom is 0.236 e. The number of amides is 1. The van der Waals surface area contributed by atoms with Gasteiger partial charge in [-0.2, -0.15) is 0 Å². The van der Waals surface area contributed by atoms with Crippen LogP contribution in [0.2, 0.25) is 0 Å². The van der Waals surface area contributed by atoms with Crippen molar-refractivity contribution in [2.24, 2.45) is 22.2 Å². The van der Waals surface area contributed by atoms with Crippen molar-refractivity contribution in [1.82, 2.24) is 4.90 Å². The lowest BCUT2D eigenvalue weighted by molar-refractivity contribution is -0.139. The number of carbonyl (C=O) groups excluding carboxylic acids is 1. The monoisotopic (exact) mass is 283 g/mol. The Morgan fingerprint density at radius 2 is 2.05 bits per heavy atom. The van der Waals surface area contributed by atoms with Crippen LogP contribution in [0.15, 0.2) is 5.16 Å². The molecule has 4 N–H and O–H groups in total. The van der Waals surface area contributed by atoms with Crippen molar-refractivity contribution in [1.29, 1.82) is 0 Å². The molecule has 1 heterocycles. The molecule has 0 radical (unpaired) electrons. The second-order valence-electron chi connectivity index (χ2n) is 6.17. The van der Waals surface area contributed by atoms with E-state index in [1.165, 1.54) is 0 Å². The first-order chi connectivity index (χ1) is 9.51. The Labute approximate surface area is 119 Å². The molecule has 1 aliphatic carbocycles. The molecule has 1 saturated carbocycles. The van der Waals surface area contributed by atoms with E-state index in [1.807, 2.05) is 0 Å². The smallest absolute Gasteiger partial charge is 0.236 e. The van der Waals surface area contributed by atoms with Gasteiger partial charge in [-0.15, -0.1) is 0 Å². The highest BCUT2D eigenvalue weighted by molar-refractivity contribution is 6.06. The third-order valence-electron chi connectivity index (χ3n) is 4.91. The summed E-state index contributed by atoms with van der Waals surface area (Å²) in [4.78, 5) is 14.6. The van der Waals surface area contributed by atoms with Gasteiger partial charge < -0.3 is 20.9 Å². The summed E-state index contributed by atoms with van der Waals surface area (Å²) >= 11 is 0. The van der Waals surface area contributed by atoms with Crippen molar-refractivity contribution in [2.45, 2.75) is 51.6 Å². The van der Waals surface area contributed by atoms with E-state index >= 15 is 0 Å². The summed E-state index contributed by atoms with van der Waals surface area (Å²) in [7, 11) is 0. The van der Waals surface area contributed by atoms with Crippen LogP contribution in [0.3, 0.4) is 0 Å². The van der Waals surface area contributed by atoms with Gasteiger partial charge in [-0.1, -0.05) is 24.4 Å². The lowest BCUT2D eigenvalue weighted by Gasteiger charge is -2.37. The first-order valence-corrected chi connectivity index (χ1v) is 7.46. The molecule has 1 amide bonds. The summed E-state index contributed by atoms with van der Waals surface area (Å²) in [6, 6.07) is 0. The standard InChI is InChI=1S/C14H25N3O3/c1-10(18)11-5-8-17(9-11)13(19)14(12(15)16-20)6-3-2-4-7-14/h10-11,18,20H,2-9H2,1H3,(H2,15,16). The minimum absolute atomic E-state index is 0.0318. The van der Waals surface area contributed by atoms with Gasteiger partial charge in [0.15, 0.2) is 5.84 Å². The molecule has 0 aromatic rings. The topological polar surface area (TPSA) is 99.2 Å². The number of amidine groups is 1. The molecule has 20 heavy (non-hydrogen) atoms. The molecule has 1 aliphatic heterocycles. The van der Waals surface area contributed by atoms with Crippen LogP contribution in [-0.4, -0.2) is 46.1 Å². The summed E-state index contributed by atoms with van der Waals surface area (Å²) in [6.07, 6.45) is 4.65. The van der Waals surface area contributed by atoms with E-state index in [-0.39, 0.29) is 17.7 Å². The molecular weight excluding hydrogens is 258 g/mol. The Balaban J connectivity index is 2.16. The van der Waals surface area contributed by atoms with Gasteiger partial charge in [0.25, 0.3) is 0 Å².